The Labute approximate surface area is 125 Å². The third kappa shape index (κ3) is 2.83. The van der Waals surface area contributed by atoms with Gasteiger partial charge in [0.05, 0.1) is 5.54 Å². The third-order valence-corrected chi connectivity index (χ3v) is 4.05. The largest absolute Gasteiger partial charge is 0.318 e. The second kappa shape index (κ2) is 5.23. The van der Waals surface area contributed by atoms with E-state index in [0.29, 0.717) is 10.6 Å². The molecule has 2 aromatic carbocycles. The molecule has 0 aliphatic carbocycles. The van der Waals surface area contributed by atoms with Gasteiger partial charge in [0.1, 0.15) is 5.82 Å². The van der Waals surface area contributed by atoms with E-state index in [1.165, 1.54) is 6.07 Å². The molecule has 0 aliphatic rings. The van der Waals surface area contributed by atoms with Gasteiger partial charge in [-0.3, -0.25) is 0 Å². The summed E-state index contributed by atoms with van der Waals surface area (Å²) in [6.07, 6.45) is 0. The Bertz CT molecular complexity index is 626. The van der Waals surface area contributed by atoms with E-state index in [1.807, 2.05) is 19.1 Å². The van der Waals surface area contributed by atoms with Crippen LogP contribution < -0.4 is 5.73 Å². The summed E-state index contributed by atoms with van der Waals surface area (Å²) in [7, 11) is 0. The van der Waals surface area contributed by atoms with Gasteiger partial charge in [-0.05, 0) is 48.7 Å². The Balaban J connectivity index is 2.54. The van der Waals surface area contributed by atoms with Gasteiger partial charge in [-0.2, -0.15) is 0 Å². The SMILES string of the molecule is Cc1cc(C(C)(N)c2ccc(Br)cc2Cl)ccc1F. The predicted octanol–water partition coefficient (Wildman–Crippen LogP) is 4.77. The number of hydrogen-bond donors (Lipinski definition) is 1. The smallest absolute Gasteiger partial charge is 0.126 e. The van der Waals surface area contributed by atoms with Crippen LogP contribution >= 0.6 is 27.5 Å². The van der Waals surface area contributed by atoms with E-state index in [2.05, 4.69) is 15.9 Å². The summed E-state index contributed by atoms with van der Waals surface area (Å²) in [6, 6.07) is 10.5. The minimum atomic E-state index is -0.768. The fourth-order valence-electron chi connectivity index (χ4n) is 2.03. The first-order valence-corrected chi connectivity index (χ1v) is 7.00. The monoisotopic (exact) mass is 341 g/mol. The van der Waals surface area contributed by atoms with Crippen molar-refractivity contribution in [2.75, 3.05) is 0 Å². The van der Waals surface area contributed by atoms with Gasteiger partial charge in [0, 0.05) is 9.50 Å². The summed E-state index contributed by atoms with van der Waals surface area (Å²) in [6.45, 7) is 3.59. The Morgan fingerprint density at radius 2 is 1.89 bits per heavy atom. The Kier molecular flexibility index (Phi) is 4.00. The van der Waals surface area contributed by atoms with E-state index in [9.17, 15) is 4.39 Å². The van der Waals surface area contributed by atoms with Crippen LogP contribution in [0, 0.1) is 12.7 Å². The molecule has 0 amide bonds. The van der Waals surface area contributed by atoms with E-state index in [4.69, 9.17) is 17.3 Å². The molecule has 0 aromatic heterocycles. The highest BCUT2D eigenvalue weighted by atomic mass is 79.9. The Morgan fingerprint density at radius 3 is 2.47 bits per heavy atom. The van der Waals surface area contributed by atoms with E-state index >= 15 is 0 Å². The summed E-state index contributed by atoms with van der Waals surface area (Å²) in [4.78, 5) is 0. The van der Waals surface area contributed by atoms with Gasteiger partial charge >= 0.3 is 0 Å². The minimum Gasteiger partial charge on any atom is -0.318 e. The van der Waals surface area contributed by atoms with Crippen molar-refractivity contribution in [3.8, 4) is 0 Å². The highest BCUT2D eigenvalue weighted by molar-refractivity contribution is 9.10. The lowest BCUT2D eigenvalue weighted by Crippen LogP contribution is -2.34. The lowest BCUT2D eigenvalue weighted by Gasteiger charge is -2.27. The molecule has 1 atom stereocenters. The number of halogens is 3. The molecule has 0 radical (unpaired) electrons. The first-order chi connectivity index (χ1) is 8.82. The molecule has 19 heavy (non-hydrogen) atoms. The van der Waals surface area contributed by atoms with Crippen LogP contribution in [-0.2, 0) is 5.54 Å². The number of hydrogen-bond acceptors (Lipinski definition) is 1. The number of benzene rings is 2. The average molecular weight is 343 g/mol. The summed E-state index contributed by atoms with van der Waals surface area (Å²) in [5.74, 6) is -0.235. The van der Waals surface area contributed by atoms with Gasteiger partial charge in [0.2, 0.25) is 0 Å². The average Bonchev–Trinajstić information content (AvgIpc) is 2.32. The molecule has 2 rings (SSSR count). The molecule has 0 heterocycles. The Morgan fingerprint density at radius 1 is 1.21 bits per heavy atom. The molecule has 2 N–H and O–H groups in total. The van der Waals surface area contributed by atoms with Crippen LogP contribution in [0.4, 0.5) is 4.39 Å². The maximum absolute atomic E-state index is 13.3. The maximum Gasteiger partial charge on any atom is 0.126 e. The van der Waals surface area contributed by atoms with Gasteiger partial charge < -0.3 is 5.73 Å². The van der Waals surface area contributed by atoms with Crippen molar-refractivity contribution >= 4 is 27.5 Å². The van der Waals surface area contributed by atoms with Gasteiger partial charge in [-0.1, -0.05) is 45.7 Å². The fraction of sp³-hybridized carbons (Fsp3) is 0.200. The minimum absolute atomic E-state index is 0.235. The molecule has 4 heteroatoms. The van der Waals surface area contributed by atoms with Crippen LogP contribution in [0.2, 0.25) is 5.02 Å². The van der Waals surface area contributed by atoms with E-state index < -0.39 is 5.54 Å². The summed E-state index contributed by atoms with van der Waals surface area (Å²) >= 11 is 9.62. The van der Waals surface area contributed by atoms with Crippen LogP contribution in [0.15, 0.2) is 40.9 Å². The molecular formula is C15H14BrClFN. The van der Waals surface area contributed by atoms with Crippen molar-refractivity contribution in [3.63, 3.8) is 0 Å². The summed E-state index contributed by atoms with van der Waals surface area (Å²) in [5.41, 5.74) is 7.85. The summed E-state index contributed by atoms with van der Waals surface area (Å²) < 4.78 is 14.2. The van der Waals surface area contributed by atoms with Crippen molar-refractivity contribution in [3.05, 3.63) is 68.4 Å². The van der Waals surface area contributed by atoms with Crippen molar-refractivity contribution in [2.24, 2.45) is 5.73 Å². The van der Waals surface area contributed by atoms with E-state index in [0.717, 1.165) is 15.6 Å². The molecule has 0 bridgehead atoms. The lowest BCUT2D eigenvalue weighted by atomic mass is 9.85. The molecule has 100 valence electrons. The van der Waals surface area contributed by atoms with Crippen molar-refractivity contribution in [1.82, 2.24) is 0 Å². The normalized spacial score (nSPS) is 14.2. The molecule has 2 aromatic rings. The third-order valence-electron chi connectivity index (χ3n) is 3.25. The second-order valence-corrected chi connectivity index (χ2v) is 6.11. The maximum atomic E-state index is 13.3. The first-order valence-electron chi connectivity index (χ1n) is 5.83. The molecule has 1 unspecified atom stereocenters. The quantitative estimate of drug-likeness (QED) is 0.835. The van der Waals surface area contributed by atoms with Crippen LogP contribution in [0.3, 0.4) is 0 Å². The van der Waals surface area contributed by atoms with E-state index in [-0.39, 0.29) is 5.82 Å². The summed E-state index contributed by atoms with van der Waals surface area (Å²) in [5, 5.41) is 0.585. The fourth-order valence-corrected chi connectivity index (χ4v) is 2.90. The molecule has 0 saturated heterocycles. The highest BCUT2D eigenvalue weighted by Crippen LogP contribution is 2.34. The standard InChI is InChI=1S/C15H14BrClFN/c1-9-7-10(3-6-14(9)18)15(2,19)12-5-4-11(16)8-13(12)17/h3-8H,19H2,1-2H3. The van der Waals surface area contributed by atoms with Crippen LogP contribution in [0.1, 0.15) is 23.6 Å². The molecular weight excluding hydrogens is 329 g/mol. The van der Waals surface area contributed by atoms with Crippen LogP contribution in [0.25, 0.3) is 0 Å². The van der Waals surface area contributed by atoms with Gasteiger partial charge in [0.15, 0.2) is 0 Å². The van der Waals surface area contributed by atoms with Crippen molar-refractivity contribution < 1.29 is 4.39 Å². The van der Waals surface area contributed by atoms with Gasteiger partial charge in [-0.15, -0.1) is 0 Å². The molecule has 0 fully saturated rings. The number of nitrogens with two attached hydrogens (primary N) is 1. The number of aryl methyl sites for hydroxylation is 1. The molecule has 1 nitrogen and oxygen atoms in total. The number of rotatable bonds is 2. The van der Waals surface area contributed by atoms with Gasteiger partial charge in [-0.25, -0.2) is 4.39 Å². The van der Waals surface area contributed by atoms with Crippen molar-refractivity contribution in [1.29, 1.82) is 0 Å². The molecule has 0 saturated carbocycles. The lowest BCUT2D eigenvalue weighted by molar-refractivity contribution is 0.589. The molecule has 0 aliphatic heterocycles. The Hall–Kier alpha value is -0.900. The zero-order valence-corrected chi connectivity index (χ0v) is 13.0. The zero-order valence-electron chi connectivity index (χ0n) is 10.7. The van der Waals surface area contributed by atoms with Crippen LogP contribution in [-0.4, -0.2) is 0 Å². The first kappa shape index (κ1) is 14.5. The molecule has 0 spiro atoms. The second-order valence-electron chi connectivity index (χ2n) is 4.79. The van der Waals surface area contributed by atoms with Gasteiger partial charge in [0.25, 0.3) is 0 Å². The zero-order chi connectivity index (χ0) is 14.2. The highest BCUT2D eigenvalue weighted by Gasteiger charge is 2.26. The van der Waals surface area contributed by atoms with Crippen molar-refractivity contribution in [2.45, 2.75) is 19.4 Å². The van der Waals surface area contributed by atoms with Crippen LogP contribution in [0.5, 0.6) is 0 Å². The topological polar surface area (TPSA) is 26.0 Å². The predicted molar refractivity (Wildman–Crippen MR) is 80.9 cm³/mol. The van der Waals surface area contributed by atoms with E-state index in [1.54, 1.807) is 25.1 Å².